The highest BCUT2D eigenvalue weighted by Crippen LogP contribution is 2.29. The molecule has 0 amide bonds. The van der Waals surface area contributed by atoms with Crippen LogP contribution in [0.5, 0.6) is 11.6 Å². The van der Waals surface area contributed by atoms with Gasteiger partial charge in [-0.3, -0.25) is 0 Å². The molecule has 1 heterocycles. The summed E-state index contributed by atoms with van der Waals surface area (Å²) in [6.45, 7) is 4.07. The van der Waals surface area contributed by atoms with E-state index in [1.54, 1.807) is 31.0 Å². The Bertz CT molecular complexity index is 1070. The number of ether oxygens (including phenoxy) is 3. The van der Waals surface area contributed by atoms with Crippen LogP contribution in [0, 0.1) is 0 Å². The van der Waals surface area contributed by atoms with Gasteiger partial charge in [-0.2, -0.15) is 0 Å². The maximum absolute atomic E-state index is 12.3. The number of esters is 1. The van der Waals surface area contributed by atoms with Crippen molar-refractivity contribution in [3.63, 3.8) is 0 Å². The first-order chi connectivity index (χ1) is 16.0. The first-order valence-electron chi connectivity index (χ1n) is 10.5. The number of pyridine rings is 1. The van der Waals surface area contributed by atoms with Crippen LogP contribution >= 0.6 is 23.4 Å². The number of carbonyl (C=O) groups is 1. The molecule has 0 aliphatic rings. The Hall–Kier alpha value is -2.96. The number of hydrogen-bond donors (Lipinski definition) is 0. The lowest BCUT2D eigenvalue weighted by atomic mass is 10.1. The van der Waals surface area contributed by atoms with Gasteiger partial charge in [0, 0.05) is 16.7 Å². The second-order valence-corrected chi connectivity index (χ2v) is 8.58. The second-order valence-electron chi connectivity index (χ2n) is 7.15. The lowest BCUT2D eigenvalue weighted by Crippen LogP contribution is -2.14. The van der Waals surface area contributed by atoms with Gasteiger partial charge < -0.3 is 14.2 Å². The number of unbranched alkanes of at least 4 members (excludes halogenated alkanes) is 1. The number of thioether (sulfide) groups is 1. The highest BCUT2D eigenvalue weighted by molar-refractivity contribution is 7.98. The fourth-order valence-electron chi connectivity index (χ4n) is 2.94. The Morgan fingerprint density at radius 1 is 1.03 bits per heavy atom. The summed E-state index contributed by atoms with van der Waals surface area (Å²) in [5.41, 5.74) is 2.00. The van der Waals surface area contributed by atoms with Crippen molar-refractivity contribution in [1.29, 1.82) is 0 Å². The van der Waals surface area contributed by atoms with E-state index < -0.39 is 5.97 Å². The predicted octanol–water partition coefficient (Wildman–Crippen LogP) is 6.49. The van der Waals surface area contributed by atoms with Crippen LogP contribution in [0.25, 0.3) is 0 Å². The average molecular weight is 484 g/mol. The predicted molar refractivity (Wildman–Crippen MR) is 132 cm³/mol. The van der Waals surface area contributed by atoms with Gasteiger partial charge in [0.1, 0.15) is 5.75 Å². The van der Waals surface area contributed by atoms with Crippen LogP contribution in [0.4, 0.5) is 0 Å². The number of rotatable bonds is 12. The highest BCUT2D eigenvalue weighted by atomic mass is 35.5. The number of halogens is 1. The Morgan fingerprint density at radius 3 is 2.58 bits per heavy atom. The Kier molecular flexibility index (Phi) is 9.66. The third kappa shape index (κ3) is 8.15. The van der Waals surface area contributed by atoms with Crippen LogP contribution < -0.4 is 9.47 Å². The van der Waals surface area contributed by atoms with Gasteiger partial charge in [0.2, 0.25) is 5.88 Å². The van der Waals surface area contributed by atoms with Gasteiger partial charge in [-0.25, -0.2) is 9.78 Å². The summed E-state index contributed by atoms with van der Waals surface area (Å²) >= 11 is 7.76. The van der Waals surface area contributed by atoms with Crippen molar-refractivity contribution in [3.05, 3.63) is 95.3 Å². The van der Waals surface area contributed by atoms with Gasteiger partial charge >= 0.3 is 5.97 Å². The molecule has 0 bridgehead atoms. The van der Waals surface area contributed by atoms with Crippen molar-refractivity contribution >= 4 is 29.3 Å². The molecular weight excluding hydrogens is 458 g/mol. The van der Waals surface area contributed by atoms with E-state index >= 15 is 0 Å². The largest absolute Gasteiger partial charge is 0.497 e. The highest BCUT2D eigenvalue weighted by Gasteiger charge is 2.13. The van der Waals surface area contributed by atoms with Crippen molar-refractivity contribution in [2.24, 2.45) is 0 Å². The van der Waals surface area contributed by atoms with Crippen molar-refractivity contribution in [2.75, 3.05) is 13.7 Å². The molecule has 33 heavy (non-hydrogen) atoms. The van der Waals surface area contributed by atoms with Gasteiger partial charge in [0.25, 0.3) is 0 Å². The molecule has 0 fully saturated rings. The fraction of sp³-hybridized carbons (Fsp3) is 0.231. The molecule has 1 aromatic heterocycles. The molecule has 0 aliphatic carbocycles. The molecule has 0 atom stereocenters. The van der Waals surface area contributed by atoms with Crippen LogP contribution in [0.3, 0.4) is 0 Å². The molecule has 3 aromatic rings. The fourth-order valence-corrected chi connectivity index (χ4v) is 4.08. The smallest absolute Gasteiger partial charge is 0.379 e. The van der Waals surface area contributed by atoms with Crippen molar-refractivity contribution in [3.8, 4) is 11.6 Å². The number of carbonyl (C=O) groups excluding carboxylic acids is 1. The Morgan fingerprint density at radius 2 is 1.82 bits per heavy atom. The molecule has 0 unspecified atom stereocenters. The zero-order valence-corrected chi connectivity index (χ0v) is 20.0. The molecule has 5 nitrogen and oxygen atoms in total. The lowest BCUT2D eigenvalue weighted by molar-refractivity contribution is -0.134. The van der Waals surface area contributed by atoms with Gasteiger partial charge in [-0.05, 0) is 61.7 Å². The number of benzene rings is 2. The topological polar surface area (TPSA) is 57.7 Å². The Balaban J connectivity index is 1.38. The molecule has 0 N–H and O–H groups in total. The minimum Gasteiger partial charge on any atom is -0.497 e. The molecule has 2 aromatic carbocycles. The lowest BCUT2D eigenvalue weighted by Gasteiger charge is -2.09. The van der Waals surface area contributed by atoms with Crippen LogP contribution in [0.15, 0.2) is 84.0 Å². The third-order valence-electron chi connectivity index (χ3n) is 4.71. The van der Waals surface area contributed by atoms with E-state index in [4.69, 9.17) is 25.8 Å². The van der Waals surface area contributed by atoms with E-state index in [1.165, 1.54) is 5.56 Å². The van der Waals surface area contributed by atoms with Gasteiger partial charge in [0.15, 0.2) is 5.76 Å². The van der Waals surface area contributed by atoms with E-state index in [2.05, 4.69) is 11.6 Å². The Labute approximate surface area is 203 Å². The van der Waals surface area contributed by atoms with Crippen LogP contribution in [-0.4, -0.2) is 24.7 Å². The number of hydrogen-bond acceptors (Lipinski definition) is 6. The van der Waals surface area contributed by atoms with Gasteiger partial charge in [-0.1, -0.05) is 41.9 Å². The summed E-state index contributed by atoms with van der Waals surface area (Å²) in [5.74, 6) is 0.976. The first-order valence-corrected chi connectivity index (χ1v) is 11.9. The molecule has 7 heteroatoms. The number of aryl methyl sites for hydroxylation is 1. The quantitative estimate of drug-likeness (QED) is 0.0963. The maximum atomic E-state index is 12.3. The number of nitrogens with zero attached hydrogens (tertiary/aromatic N) is 1. The molecule has 172 valence electrons. The van der Waals surface area contributed by atoms with E-state index in [-0.39, 0.29) is 11.6 Å². The molecular formula is C26H26ClNO4S. The van der Waals surface area contributed by atoms with E-state index in [0.717, 1.165) is 35.6 Å². The minimum absolute atomic E-state index is 0.0305. The van der Waals surface area contributed by atoms with Crippen molar-refractivity contribution in [1.82, 2.24) is 4.98 Å². The molecule has 0 spiro atoms. The summed E-state index contributed by atoms with van der Waals surface area (Å²) < 4.78 is 15.9. The summed E-state index contributed by atoms with van der Waals surface area (Å²) in [5, 5.41) is 0.697. The van der Waals surface area contributed by atoms with Gasteiger partial charge in [0.05, 0.1) is 24.4 Å². The standard InChI is InChI=1S/C26H26ClNO4S/c1-19(31-17-6-5-8-20-13-15-22(30-2)16-14-20)26(29)32-25-12-7-9-21(28-25)18-33-24-11-4-3-10-23(24)27/h3-4,7,9-16H,1,5-6,8,17-18H2,2H3. The molecule has 3 rings (SSSR count). The third-order valence-corrected chi connectivity index (χ3v) is 6.26. The normalized spacial score (nSPS) is 10.5. The second kappa shape index (κ2) is 12.9. The molecule has 0 aliphatic heterocycles. The number of aromatic nitrogens is 1. The van der Waals surface area contributed by atoms with Crippen LogP contribution in [0.2, 0.25) is 5.02 Å². The zero-order chi connectivity index (χ0) is 23.5. The van der Waals surface area contributed by atoms with Crippen molar-refractivity contribution < 1.29 is 19.0 Å². The summed E-state index contributed by atoms with van der Waals surface area (Å²) in [6.07, 6.45) is 2.65. The van der Waals surface area contributed by atoms with E-state index in [1.807, 2.05) is 54.6 Å². The zero-order valence-electron chi connectivity index (χ0n) is 18.5. The molecule has 0 saturated heterocycles. The van der Waals surface area contributed by atoms with E-state index in [9.17, 15) is 4.79 Å². The first kappa shape index (κ1) is 24.7. The van der Waals surface area contributed by atoms with Crippen LogP contribution in [-0.2, 0) is 21.7 Å². The molecule has 0 saturated carbocycles. The monoisotopic (exact) mass is 483 g/mol. The summed E-state index contributed by atoms with van der Waals surface area (Å²) in [6, 6.07) is 20.9. The number of methoxy groups -OCH3 is 1. The SMILES string of the molecule is C=C(OCCCCc1ccc(OC)cc1)C(=O)Oc1cccc(CSc2ccccc2Cl)n1. The summed E-state index contributed by atoms with van der Waals surface area (Å²) in [4.78, 5) is 17.6. The van der Waals surface area contributed by atoms with Crippen molar-refractivity contribution in [2.45, 2.75) is 29.9 Å². The summed E-state index contributed by atoms with van der Waals surface area (Å²) in [7, 11) is 1.65. The molecule has 0 radical (unpaired) electrons. The minimum atomic E-state index is -0.645. The van der Waals surface area contributed by atoms with Crippen LogP contribution in [0.1, 0.15) is 24.1 Å². The van der Waals surface area contributed by atoms with Gasteiger partial charge in [-0.15, -0.1) is 11.8 Å². The maximum Gasteiger partial charge on any atom is 0.379 e. The van der Waals surface area contributed by atoms with E-state index in [0.29, 0.717) is 17.4 Å². The average Bonchev–Trinajstić information content (AvgIpc) is 2.84.